The van der Waals surface area contributed by atoms with Crippen LogP contribution in [0.15, 0.2) is 70.6 Å². The Balaban J connectivity index is 1.61. The van der Waals surface area contributed by atoms with Crippen LogP contribution in [0.4, 0.5) is 0 Å². The summed E-state index contributed by atoms with van der Waals surface area (Å²) in [6.07, 6.45) is 3.27. The molecule has 0 bridgehead atoms. The molecule has 2 aromatic carbocycles. The van der Waals surface area contributed by atoms with Crippen molar-refractivity contribution in [3.8, 4) is 0 Å². The van der Waals surface area contributed by atoms with E-state index in [4.69, 9.17) is 4.98 Å². The Hall–Kier alpha value is -2.37. The molecule has 152 valence electrons. The molecule has 5 heteroatoms. The summed E-state index contributed by atoms with van der Waals surface area (Å²) in [6.45, 7) is 2.84. The van der Waals surface area contributed by atoms with Crippen molar-refractivity contribution in [3.05, 3.63) is 92.6 Å². The fraction of sp³-hybridized carbons (Fsp3) is 0.280. The Morgan fingerprint density at radius 1 is 1.07 bits per heavy atom. The molecule has 5 rings (SSSR count). The van der Waals surface area contributed by atoms with Crippen LogP contribution in [0.1, 0.15) is 34.9 Å². The van der Waals surface area contributed by atoms with Gasteiger partial charge in [0, 0.05) is 10.6 Å². The molecular weight excluding hydrogens is 408 g/mol. The third-order valence-electron chi connectivity index (χ3n) is 5.77. The molecule has 1 atom stereocenters. The standard InChI is InChI=1S/C25H24N2OS2/c1-17-12-13-21-20(14-17)22-23(30-21)26-25(29-16-19-10-6-3-7-11-19)27(24(22)28)15-18-8-4-2-5-9-18/h2-11,17H,12-16H2,1H3. The molecule has 0 aliphatic heterocycles. The van der Waals surface area contributed by atoms with Gasteiger partial charge in [-0.25, -0.2) is 4.98 Å². The maximum Gasteiger partial charge on any atom is 0.263 e. The van der Waals surface area contributed by atoms with E-state index < -0.39 is 0 Å². The van der Waals surface area contributed by atoms with Gasteiger partial charge in [-0.05, 0) is 41.9 Å². The maximum atomic E-state index is 13.7. The first kappa shape index (κ1) is 19.6. The maximum absolute atomic E-state index is 13.7. The van der Waals surface area contributed by atoms with Gasteiger partial charge in [-0.15, -0.1) is 11.3 Å². The number of hydrogen-bond acceptors (Lipinski definition) is 4. The largest absolute Gasteiger partial charge is 0.283 e. The second kappa shape index (κ2) is 8.40. The second-order valence-corrected chi connectivity index (χ2v) is 10.1. The van der Waals surface area contributed by atoms with E-state index in [1.807, 2.05) is 28.8 Å². The summed E-state index contributed by atoms with van der Waals surface area (Å²) in [7, 11) is 0. The zero-order valence-corrected chi connectivity index (χ0v) is 18.6. The summed E-state index contributed by atoms with van der Waals surface area (Å²) in [5, 5.41) is 1.67. The van der Waals surface area contributed by atoms with E-state index in [0.29, 0.717) is 12.5 Å². The minimum absolute atomic E-state index is 0.117. The average Bonchev–Trinajstić information content (AvgIpc) is 3.13. The SMILES string of the molecule is CC1CCc2sc3nc(SCc4ccccc4)n(Cc4ccccc4)c(=O)c3c2C1. The van der Waals surface area contributed by atoms with Crippen molar-refractivity contribution in [1.29, 1.82) is 0 Å². The van der Waals surface area contributed by atoms with Crippen LogP contribution in [-0.2, 0) is 25.1 Å². The molecule has 2 aromatic heterocycles. The van der Waals surface area contributed by atoms with E-state index in [9.17, 15) is 4.79 Å². The van der Waals surface area contributed by atoms with E-state index in [-0.39, 0.29) is 5.56 Å². The number of fused-ring (bicyclic) bond motifs is 3. The lowest BCUT2D eigenvalue weighted by Crippen LogP contribution is -2.24. The molecule has 1 aliphatic rings. The molecule has 0 amide bonds. The fourth-order valence-electron chi connectivity index (χ4n) is 4.15. The molecule has 4 aromatic rings. The second-order valence-electron chi connectivity index (χ2n) is 8.08. The van der Waals surface area contributed by atoms with Gasteiger partial charge in [0.1, 0.15) is 4.83 Å². The van der Waals surface area contributed by atoms with E-state index in [1.54, 1.807) is 23.1 Å². The molecule has 0 spiro atoms. The summed E-state index contributed by atoms with van der Waals surface area (Å²) in [6, 6.07) is 20.6. The van der Waals surface area contributed by atoms with Crippen LogP contribution < -0.4 is 5.56 Å². The highest BCUT2D eigenvalue weighted by Gasteiger charge is 2.25. The predicted octanol–water partition coefficient (Wildman–Crippen LogP) is 5.92. The average molecular weight is 433 g/mol. The highest BCUT2D eigenvalue weighted by Crippen LogP contribution is 2.36. The summed E-state index contributed by atoms with van der Waals surface area (Å²) < 4.78 is 1.89. The minimum atomic E-state index is 0.117. The highest BCUT2D eigenvalue weighted by atomic mass is 32.2. The van der Waals surface area contributed by atoms with Gasteiger partial charge in [0.25, 0.3) is 5.56 Å². The Morgan fingerprint density at radius 3 is 2.50 bits per heavy atom. The van der Waals surface area contributed by atoms with Crippen LogP contribution in [0.5, 0.6) is 0 Å². The molecule has 0 radical (unpaired) electrons. The van der Waals surface area contributed by atoms with Gasteiger partial charge in [-0.3, -0.25) is 9.36 Å². The van der Waals surface area contributed by atoms with Crippen molar-refractivity contribution < 1.29 is 0 Å². The lowest BCUT2D eigenvalue weighted by atomic mass is 9.89. The Morgan fingerprint density at radius 2 is 1.77 bits per heavy atom. The van der Waals surface area contributed by atoms with Gasteiger partial charge in [-0.1, -0.05) is 79.3 Å². The molecule has 1 unspecified atom stereocenters. The summed E-state index contributed by atoms with van der Waals surface area (Å²) in [5.41, 5.74) is 3.74. The van der Waals surface area contributed by atoms with Crippen molar-refractivity contribution in [2.45, 2.75) is 43.6 Å². The summed E-state index contributed by atoms with van der Waals surface area (Å²) in [4.78, 5) is 21.0. The lowest BCUT2D eigenvalue weighted by Gasteiger charge is -2.18. The first-order chi connectivity index (χ1) is 14.7. The van der Waals surface area contributed by atoms with E-state index in [2.05, 4.69) is 43.3 Å². The Kier molecular flexibility index (Phi) is 5.48. The first-order valence-corrected chi connectivity index (χ1v) is 12.2. The number of aromatic nitrogens is 2. The van der Waals surface area contributed by atoms with Gasteiger partial charge in [0.2, 0.25) is 0 Å². The molecule has 0 saturated carbocycles. The number of rotatable bonds is 5. The molecule has 0 N–H and O–H groups in total. The quantitative estimate of drug-likeness (QED) is 0.290. The van der Waals surface area contributed by atoms with Gasteiger partial charge in [0.15, 0.2) is 5.16 Å². The number of benzene rings is 2. The van der Waals surface area contributed by atoms with Crippen molar-refractivity contribution in [1.82, 2.24) is 9.55 Å². The number of nitrogens with zero attached hydrogens (tertiary/aromatic N) is 2. The van der Waals surface area contributed by atoms with Gasteiger partial charge >= 0.3 is 0 Å². The van der Waals surface area contributed by atoms with Crippen molar-refractivity contribution in [3.63, 3.8) is 0 Å². The van der Waals surface area contributed by atoms with Crippen LogP contribution in [0.25, 0.3) is 10.2 Å². The summed E-state index contributed by atoms with van der Waals surface area (Å²) in [5.74, 6) is 1.43. The van der Waals surface area contributed by atoms with Crippen LogP contribution >= 0.6 is 23.1 Å². The molecule has 0 saturated heterocycles. The minimum Gasteiger partial charge on any atom is -0.283 e. The Bertz CT molecular complexity index is 1230. The molecule has 3 nitrogen and oxygen atoms in total. The zero-order chi connectivity index (χ0) is 20.5. The van der Waals surface area contributed by atoms with Crippen LogP contribution in [0, 0.1) is 5.92 Å². The monoisotopic (exact) mass is 432 g/mol. The number of aryl methyl sites for hydroxylation is 1. The van der Waals surface area contributed by atoms with Crippen LogP contribution in [0.3, 0.4) is 0 Å². The molecule has 1 aliphatic carbocycles. The van der Waals surface area contributed by atoms with Crippen molar-refractivity contribution in [2.24, 2.45) is 5.92 Å². The first-order valence-electron chi connectivity index (χ1n) is 10.4. The summed E-state index contributed by atoms with van der Waals surface area (Å²) >= 11 is 3.38. The third kappa shape index (κ3) is 3.84. The van der Waals surface area contributed by atoms with Gasteiger partial charge in [0.05, 0.1) is 11.9 Å². The molecular formula is C25H24N2OS2. The molecule has 30 heavy (non-hydrogen) atoms. The fourth-order valence-corrected chi connectivity index (χ4v) is 6.36. The van der Waals surface area contributed by atoms with Gasteiger partial charge < -0.3 is 0 Å². The Labute approximate surface area is 184 Å². The number of thioether (sulfide) groups is 1. The van der Waals surface area contributed by atoms with Gasteiger partial charge in [-0.2, -0.15) is 0 Å². The molecule has 0 fully saturated rings. The number of hydrogen-bond donors (Lipinski definition) is 0. The van der Waals surface area contributed by atoms with E-state index in [0.717, 1.165) is 39.5 Å². The lowest BCUT2D eigenvalue weighted by molar-refractivity contribution is 0.508. The highest BCUT2D eigenvalue weighted by molar-refractivity contribution is 7.98. The van der Waals surface area contributed by atoms with Crippen molar-refractivity contribution in [2.75, 3.05) is 0 Å². The zero-order valence-electron chi connectivity index (χ0n) is 17.0. The topological polar surface area (TPSA) is 34.9 Å². The number of thiophene rings is 1. The normalized spacial score (nSPS) is 16.0. The van der Waals surface area contributed by atoms with Crippen LogP contribution in [-0.4, -0.2) is 9.55 Å². The van der Waals surface area contributed by atoms with E-state index >= 15 is 0 Å². The van der Waals surface area contributed by atoms with E-state index in [1.165, 1.54) is 22.4 Å². The third-order valence-corrected chi connectivity index (χ3v) is 8.00. The predicted molar refractivity (Wildman–Crippen MR) is 127 cm³/mol. The van der Waals surface area contributed by atoms with Crippen LogP contribution in [0.2, 0.25) is 0 Å². The smallest absolute Gasteiger partial charge is 0.263 e. The van der Waals surface area contributed by atoms with Crippen molar-refractivity contribution >= 4 is 33.3 Å². The molecule has 2 heterocycles.